The van der Waals surface area contributed by atoms with Crippen molar-refractivity contribution in [1.82, 2.24) is 14.5 Å². The van der Waals surface area contributed by atoms with E-state index in [1.165, 1.54) is 0 Å². The van der Waals surface area contributed by atoms with Crippen LogP contribution in [0.2, 0.25) is 0 Å². The summed E-state index contributed by atoms with van der Waals surface area (Å²) in [5, 5.41) is 0.942. The molecular weight excluding hydrogens is 330 g/mol. The van der Waals surface area contributed by atoms with Gasteiger partial charge in [0.1, 0.15) is 5.58 Å². The topological polar surface area (TPSA) is 68.3 Å². The maximum absolute atomic E-state index is 12.7. The Balaban J connectivity index is 1.40. The SMILES string of the molecule is Cc1cncn(CC2CCN(C(=O)c3cc4ccccc4o3)CC2)c1=O. The van der Waals surface area contributed by atoms with Gasteiger partial charge in [0, 0.05) is 36.8 Å². The number of furan rings is 1. The second-order valence-corrected chi connectivity index (χ2v) is 6.92. The highest BCUT2D eigenvalue weighted by atomic mass is 16.3. The first-order valence-electron chi connectivity index (χ1n) is 8.91. The lowest BCUT2D eigenvalue weighted by molar-refractivity contribution is 0.0652. The number of likely N-dealkylation sites (tertiary alicyclic amines) is 1. The van der Waals surface area contributed by atoms with Gasteiger partial charge in [0.15, 0.2) is 5.76 Å². The second-order valence-electron chi connectivity index (χ2n) is 6.92. The van der Waals surface area contributed by atoms with Gasteiger partial charge in [-0.25, -0.2) is 4.98 Å². The van der Waals surface area contributed by atoms with Crippen LogP contribution >= 0.6 is 0 Å². The number of carbonyl (C=O) groups is 1. The summed E-state index contributed by atoms with van der Waals surface area (Å²) >= 11 is 0. The Kier molecular flexibility index (Phi) is 4.32. The lowest BCUT2D eigenvalue weighted by atomic mass is 9.96. The molecule has 3 heterocycles. The quantitative estimate of drug-likeness (QED) is 0.728. The summed E-state index contributed by atoms with van der Waals surface area (Å²) in [5.41, 5.74) is 1.41. The highest BCUT2D eigenvalue weighted by Crippen LogP contribution is 2.23. The van der Waals surface area contributed by atoms with Crippen LogP contribution in [0, 0.1) is 12.8 Å². The molecule has 1 fully saturated rings. The van der Waals surface area contributed by atoms with Crippen LogP contribution in [0.5, 0.6) is 0 Å². The number of benzene rings is 1. The van der Waals surface area contributed by atoms with Gasteiger partial charge in [-0.3, -0.25) is 14.2 Å². The zero-order valence-electron chi connectivity index (χ0n) is 14.7. The molecule has 0 spiro atoms. The molecule has 26 heavy (non-hydrogen) atoms. The number of hydrogen-bond acceptors (Lipinski definition) is 4. The Morgan fingerprint density at radius 3 is 2.81 bits per heavy atom. The van der Waals surface area contributed by atoms with Crippen molar-refractivity contribution in [2.75, 3.05) is 13.1 Å². The first-order chi connectivity index (χ1) is 12.6. The van der Waals surface area contributed by atoms with Crippen LogP contribution in [0.4, 0.5) is 0 Å². The van der Waals surface area contributed by atoms with Crippen LogP contribution in [-0.2, 0) is 6.54 Å². The van der Waals surface area contributed by atoms with Gasteiger partial charge in [0.2, 0.25) is 0 Å². The third-order valence-corrected chi connectivity index (χ3v) is 5.07. The number of carbonyl (C=O) groups excluding carboxylic acids is 1. The number of fused-ring (bicyclic) bond motifs is 1. The summed E-state index contributed by atoms with van der Waals surface area (Å²) in [6, 6.07) is 9.44. The molecular formula is C20H21N3O3. The standard InChI is InChI=1S/C20H21N3O3/c1-14-11-21-13-23(19(14)24)12-15-6-8-22(9-7-15)20(25)18-10-16-4-2-3-5-17(16)26-18/h2-5,10-11,13,15H,6-9,12H2,1H3. The first kappa shape index (κ1) is 16.6. The lowest BCUT2D eigenvalue weighted by Crippen LogP contribution is -2.40. The molecule has 0 saturated carbocycles. The molecule has 1 aromatic carbocycles. The molecule has 6 nitrogen and oxygen atoms in total. The third-order valence-electron chi connectivity index (χ3n) is 5.07. The number of para-hydroxylation sites is 1. The molecule has 0 N–H and O–H groups in total. The molecule has 1 amide bonds. The molecule has 0 radical (unpaired) electrons. The van der Waals surface area contributed by atoms with Crippen molar-refractivity contribution < 1.29 is 9.21 Å². The zero-order chi connectivity index (χ0) is 18.1. The van der Waals surface area contributed by atoms with Gasteiger partial charge in [-0.15, -0.1) is 0 Å². The van der Waals surface area contributed by atoms with Gasteiger partial charge in [-0.2, -0.15) is 0 Å². The van der Waals surface area contributed by atoms with Gasteiger partial charge >= 0.3 is 0 Å². The van der Waals surface area contributed by atoms with Crippen LogP contribution in [-0.4, -0.2) is 33.4 Å². The highest BCUT2D eigenvalue weighted by Gasteiger charge is 2.26. The minimum absolute atomic E-state index is 0.0146. The minimum atomic E-state index is -0.0611. The van der Waals surface area contributed by atoms with Crippen molar-refractivity contribution in [2.24, 2.45) is 5.92 Å². The Bertz CT molecular complexity index is 964. The molecule has 1 saturated heterocycles. The summed E-state index contributed by atoms with van der Waals surface area (Å²) in [6.07, 6.45) is 4.92. The summed E-state index contributed by atoms with van der Waals surface area (Å²) < 4.78 is 7.37. The average Bonchev–Trinajstić information content (AvgIpc) is 3.10. The van der Waals surface area contributed by atoms with Crippen LogP contribution in [0.25, 0.3) is 11.0 Å². The molecule has 6 heteroatoms. The smallest absolute Gasteiger partial charge is 0.289 e. The average molecular weight is 351 g/mol. The number of hydrogen-bond donors (Lipinski definition) is 0. The van der Waals surface area contributed by atoms with E-state index in [1.54, 1.807) is 24.0 Å². The first-order valence-corrected chi connectivity index (χ1v) is 8.91. The van der Waals surface area contributed by atoms with E-state index in [9.17, 15) is 9.59 Å². The number of amides is 1. The Hall–Kier alpha value is -2.89. The Labute approximate surface area is 151 Å². The van der Waals surface area contributed by atoms with Crippen molar-refractivity contribution in [3.8, 4) is 0 Å². The zero-order valence-corrected chi connectivity index (χ0v) is 14.7. The van der Waals surface area contributed by atoms with E-state index in [0.717, 1.165) is 23.8 Å². The van der Waals surface area contributed by atoms with Gasteiger partial charge in [0.25, 0.3) is 11.5 Å². The summed E-state index contributed by atoms with van der Waals surface area (Å²) in [7, 11) is 0. The van der Waals surface area contributed by atoms with Crippen LogP contribution < -0.4 is 5.56 Å². The fraction of sp³-hybridized carbons (Fsp3) is 0.350. The molecule has 2 aromatic heterocycles. The van der Waals surface area contributed by atoms with Gasteiger partial charge in [-0.05, 0) is 37.8 Å². The van der Waals surface area contributed by atoms with Crippen molar-refractivity contribution in [2.45, 2.75) is 26.3 Å². The van der Waals surface area contributed by atoms with Crippen LogP contribution in [0.3, 0.4) is 0 Å². The predicted molar refractivity (Wildman–Crippen MR) is 98.1 cm³/mol. The molecule has 1 aliphatic rings. The maximum Gasteiger partial charge on any atom is 0.289 e. The molecule has 1 aliphatic heterocycles. The Morgan fingerprint density at radius 2 is 2.04 bits per heavy atom. The van der Waals surface area contributed by atoms with E-state index in [1.807, 2.05) is 35.2 Å². The van der Waals surface area contributed by atoms with E-state index in [-0.39, 0.29) is 11.5 Å². The third kappa shape index (κ3) is 3.14. The number of piperidine rings is 1. The van der Waals surface area contributed by atoms with E-state index in [0.29, 0.717) is 36.9 Å². The summed E-state index contributed by atoms with van der Waals surface area (Å²) in [5.74, 6) is 0.703. The monoisotopic (exact) mass is 351 g/mol. The van der Waals surface area contributed by atoms with E-state index in [2.05, 4.69) is 4.98 Å². The lowest BCUT2D eigenvalue weighted by Gasteiger charge is -2.31. The largest absolute Gasteiger partial charge is 0.451 e. The Morgan fingerprint density at radius 1 is 1.27 bits per heavy atom. The van der Waals surface area contributed by atoms with Gasteiger partial charge < -0.3 is 9.32 Å². The number of rotatable bonds is 3. The molecule has 3 aromatic rings. The maximum atomic E-state index is 12.7. The normalized spacial score (nSPS) is 15.5. The molecule has 0 unspecified atom stereocenters. The molecule has 134 valence electrons. The predicted octanol–water partition coefficient (Wildman–Crippen LogP) is 2.85. The van der Waals surface area contributed by atoms with Crippen molar-refractivity contribution in [1.29, 1.82) is 0 Å². The van der Waals surface area contributed by atoms with E-state index >= 15 is 0 Å². The molecule has 0 atom stereocenters. The molecule has 4 rings (SSSR count). The molecule has 0 bridgehead atoms. The van der Waals surface area contributed by atoms with Crippen molar-refractivity contribution in [3.63, 3.8) is 0 Å². The van der Waals surface area contributed by atoms with Crippen LogP contribution in [0.15, 0.2) is 52.1 Å². The molecule has 0 aliphatic carbocycles. The fourth-order valence-electron chi connectivity index (χ4n) is 3.53. The second kappa shape index (κ2) is 6.78. The number of aryl methyl sites for hydroxylation is 1. The summed E-state index contributed by atoms with van der Waals surface area (Å²) in [6.45, 7) is 3.78. The summed E-state index contributed by atoms with van der Waals surface area (Å²) in [4.78, 5) is 30.8. The highest BCUT2D eigenvalue weighted by molar-refractivity contribution is 5.96. The van der Waals surface area contributed by atoms with E-state index in [4.69, 9.17) is 4.42 Å². The number of aromatic nitrogens is 2. The van der Waals surface area contributed by atoms with Crippen molar-refractivity contribution in [3.05, 3.63) is 64.5 Å². The van der Waals surface area contributed by atoms with Crippen molar-refractivity contribution >= 4 is 16.9 Å². The number of nitrogens with zero attached hydrogens (tertiary/aromatic N) is 3. The fourth-order valence-corrected chi connectivity index (χ4v) is 3.53. The van der Waals surface area contributed by atoms with E-state index < -0.39 is 0 Å². The van der Waals surface area contributed by atoms with Gasteiger partial charge in [0.05, 0.1) is 6.33 Å². The van der Waals surface area contributed by atoms with Crippen LogP contribution in [0.1, 0.15) is 29.0 Å². The van der Waals surface area contributed by atoms with Gasteiger partial charge in [-0.1, -0.05) is 18.2 Å². The minimum Gasteiger partial charge on any atom is -0.451 e.